The zero-order chi connectivity index (χ0) is 27.3. The molecule has 1 saturated carbocycles. The Morgan fingerprint density at radius 1 is 1.18 bits per heavy atom. The van der Waals surface area contributed by atoms with Crippen LogP contribution in [-0.4, -0.2) is 53.3 Å². The zero-order valence-electron chi connectivity index (χ0n) is 21.5. The van der Waals surface area contributed by atoms with Crippen LogP contribution in [0.4, 0.5) is 16.3 Å². The van der Waals surface area contributed by atoms with Gasteiger partial charge in [0.05, 0.1) is 20.9 Å². The van der Waals surface area contributed by atoms with Crippen LogP contribution in [0.25, 0.3) is 10.4 Å². The molecule has 1 aliphatic rings. The van der Waals surface area contributed by atoms with Crippen LogP contribution in [0.15, 0.2) is 41.6 Å². The summed E-state index contributed by atoms with van der Waals surface area (Å²) in [6.07, 6.45) is 5.97. The summed E-state index contributed by atoms with van der Waals surface area (Å²) in [7, 11) is -3.80. The topological polar surface area (TPSA) is 155 Å². The molecule has 1 aliphatic carbocycles. The van der Waals surface area contributed by atoms with Gasteiger partial charge in [0.25, 0.3) is 0 Å². The largest absolute Gasteiger partial charge is 0.479 e. The summed E-state index contributed by atoms with van der Waals surface area (Å²) in [6.45, 7) is 5.61. The average Bonchev–Trinajstić information content (AvgIpc) is 3.34. The van der Waals surface area contributed by atoms with Crippen molar-refractivity contribution in [2.75, 3.05) is 11.9 Å². The molecule has 13 heteroatoms. The first kappa shape index (κ1) is 27.7. The van der Waals surface area contributed by atoms with Gasteiger partial charge in [-0.15, -0.1) is 11.3 Å². The summed E-state index contributed by atoms with van der Waals surface area (Å²) >= 11 is 1.49. The predicted molar refractivity (Wildman–Crippen MR) is 145 cm³/mol. The van der Waals surface area contributed by atoms with E-state index >= 15 is 0 Å². The Balaban J connectivity index is 1.53. The van der Waals surface area contributed by atoms with Gasteiger partial charge in [0.1, 0.15) is 5.82 Å². The van der Waals surface area contributed by atoms with Gasteiger partial charge in [-0.1, -0.05) is 13.0 Å². The molecular formula is C25H32N6O5S2. The number of amides is 1. The highest BCUT2D eigenvalue weighted by Crippen LogP contribution is 2.40. The van der Waals surface area contributed by atoms with E-state index in [0.29, 0.717) is 17.1 Å². The van der Waals surface area contributed by atoms with Crippen molar-refractivity contribution in [2.24, 2.45) is 0 Å². The van der Waals surface area contributed by atoms with Gasteiger partial charge in [-0.3, -0.25) is 0 Å². The van der Waals surface area contributed by atoms with Crippen molar-refractivity contribution < 1.29 is 23.1 Å². The lowest BCUT2D eigenvalue weighted by atomic mass is 9.86. The van der Waals surface area contributed by atoms with E-state index in [1.165, 1.54) is 17.5 Å². The Kier molecular flexibility index (Phi) is 8.80. The lowest BCUT2D eigenvalue weighted by Crippen LogP contribution is -2.38. The number of hydrogen-bond donors (Lipinski definition) is 4. The van der Waals surface area contributed by atoms with E-state index in [2.05, 4.69) is 30.3 Å². The lowest BCUT2D eigenvalue weighted by Gasteiger charge is -2.28. The molecule has 0 radical (unpaired) electrons. The highest BCUT2D eigenvalue weighted by atomic mass is 32.2. The highest BCUT2D eigenvalue weighted by molar-refractivity contribution is 7.89. The minimum absolute atomic E-state index is 0.0747. The Morgan fingerprint density at radius 2 is 1.95 bits per heavy atom. The molecule has 3 aromatic rings. The summed E-state index contributed by atoms with van der Waals surface area (Å²) in [4.78, 5) is 25.0. The maximum Gasteiger partial charge on any atom is 0.407 e. The molecule has 0 bridgehead atoms. The summed E-state index contributed by atoms with van der Waals surface area (Å²) < 4.78 is 34.0. The van der Waals surface area contributed by atoms with E-state index in [0.717, 1.165) is 35.6 Å². The van der Waals surface area contributed by atoms with Crippen LogP contribution in [0, 0.1) is 0 Å². The quantitative estimate of drug-likeness (QED) is 0.296. The molecule has 1 aromatic carbocycles. The van der Waals surface area contributed by atoms with E-state index in [1.807, 2.05) is 13.8 Å². The van der Waals surface area contributed by atoms with Gasteiger partial charge in [-0.05, 0) is 57.7 Å². The summed E-state index contributed by atoms with van der Waals surface area (Å²) in [5, 5.41) is 16.4. The van der Waals surface area contributed by atoms with Crippen molar-refractivity contribution >= 4 is 39.0 Å². The molecule has 0 unspecified atom stereocenters. The Morgan fingerprint density at radius 3 is 2.63 bits per heavy atom. The van der Waals surface area contributed by atoms with Gasteiger partial charge in [-0.25, -0.2) is 27.9 Å². The van der Waals surface area contributed by atoms with E-state index < -0.39 is 10.0 Å². The molecule has 4 rings (SSSR count). The second kappa shape index (κ2) is 12.0. The molecule has 0 atom stereocenters. The first-order valence-corrected chi connectivity index (χ1v) is 14.8. The van der Waals surface area contributed by atoms with Crippen LogP contribution < -0.4 is 15.4 Å². The molecule has 0 saturated heterocycles. The normalized spacial score (nSPS) is 17.8. The van der Waals surface area contributed by atoms with E-state index in [4.69, 9.17) is 4.74 Å². The van der Waals surface area contributed by atoms with E-state index in [9.17, 15) is 18.3 Å². The van der Waals surface area contributed by atoms with Crippen molar-refractivity contribution in [3.8, 4) is 16.5 Å². The minimum Gasteiger partial charge on any atom is -0.479 e. The fraction of sp³-hybridized carbons (Fsp3) is 0.440. The maximum absolute atomic E-state index is 13.1. The number of thiazole rings is 1. The van der Waals surface area contributed by atoms with Crippen molar-refractivity contribution in [3.63, 3.8) is 0 Å². The number of rotatable bonds is 9. The zero-order valence-corrected chi connectivity index (χ0v) is 23.1. The molecule has 1 fully saturated rings. The van der Waals surface area contributed by atoms with Crippen LogP contribution in [0.5, 0.6) is 6.01 Å². The molecule has 38 heavy (non-hydrogen) atoms. The summed E-state index contributed by atoms with van der Waals surface area (Å²) in [5.74, 6) is 0.577. The van der Waals surface area contributed by atoms with Crippen molar-refractivity contribution in [1.29, 1.82) is 0 Å². The predicted octanol–water partition coefficient (Wildman–Crippen LogP) is 4.51. The molecule has 204 valence electrons. The first-order valence-electron chi connectivity index (χ1n) is 12.5. The third-order valence-corrected chi connectivity index (χ3v) is 8.83. The molecule has 4 N–H and O–H groups in total. The van der Waals surface area contributed by atoms with E-state index in [-0.39, 0.29) is 41.6 Å². The third-order valence-electron chi connectivity index (χ3n) is 6.05. The number of alkyl carbamates (subject to hydrolysis) is 1. The summed E-state index contributed by atoms with van der Waals surface area (Å²) in [6, 6.07) is 6.30. The Bertz CT molecular complexity index is 1370. The van der Waals surface area contributed by atoms with Crippen molar-refractivity contribution in [2.45, 2.75) is 69.4 Å². The highest BCUT2D eigenvalue weighted by Gasteiger charge is 2.27. The van der Waals surface area contributed by atoms with Crippen molar-refractivity contribution in [3.05, 3.63) is 41.7 Å². The number of hydrogen-bond acceptors (Lipinski definition) is 10. The average molecular weight is 561 g/mol. The molecule has 2 aromatic heterocycles. The number of carbonyl (C=O) groups excluding carboxylic acids is 1. The van der Waals surface area contributed by atoms with Crippen LogP contribution >= 0.6 is 11.3 Å². The SMILES string of the molecule is CCNS(=O)(=O)c1cc(Nc2ccnc(O)n2)ccc1-c1cnc([C@H]2CC[C@H](NC(=O)OC(C)C)CC2)s1. The minimum atomic E-state index is -3.80. The monoisotopic (exact) mass is 560 g/mol. The van der Waals surface area contributed by atoms with Crippen LogP contribution in [0.3, 0.4) is 0 Å². The molecule has 2 heterocycles. The van der Waals surface area contributed by atoms with Crippen LogP contribution in [-0.2, 0) is 14.8 Å². The number of aromatic hydroxyl groups is 1. The van der Waals surface area contributed by atoms with E-state index in [1.54, 1.807) is 37.4 Å². The molecule has 0 spiro atoms. The fourth-order valence-corrected chi connectivity index (χ4v) is 6.84. The number of aromatic nitrogens is 3. The van der Waals surface area contributed by atoms with Gasteiger partial charge in [0.2, 0.25) is 10.0 Å². The first-order chi connectivity index (χ1) is 18.1. The number of sulfonamides is 1. The Hall–Kier alpha value is -3.29. The van der Waals surface area contributed by atoms with Gasteiger partial charge < -0.3 is 20.5 Å². The fourth-order valence-electron chi connectivity index (χ4n) is 4.36. The lowest BCUT2D eigenvalue weighted by molar-refractivity contribution is 0.109. The number of carbonyl (C=O) groups is 1. The number of nitrogens with zero attached hydrogens (tertiary/aromatic N) is 3. The smallest absolute Gasteiger partial charge is 0.407 e. The number of benzene rings is 1. The van der Waals surface area contributed by atoms with Crippen LogP contribution in [0.1, 0.15) is 57.4 Å². The standard InChI is InChI=1S/C25H32N6O5S2/c1-4-28-38(34,35)21-13-18(29-22-11-12-26-24(32)31-22)9-10-19(21)20-14-27-23(37-20)16-5-7-17(8-6-16)30-25(33)36-15(2)3/h9-17,28H,4-8H2,1-3H3,(H,30,33)(H2,26,29,31,32)/t16-,17-. The molecule has 0 aliphatic heterocycles. The second-order valence-corrected chi connectivity index (χ2v) is 12.1. The molecular weight excluding hydrogens is 528 g/mol. The van der Waals surface area contributed by atoms with Crippen LogP contribution in [0.2, 0.25) is 0 Å². The number of anilines is 2. The van der Waals surface area contributed by atoms with Gasteiger partial charge >= 0.3 is 12.1 Å². The summed E-state index contributed by atoms with van der Waals surface area (Å²) in [5.41, 5.74) is 1.05. The molecule has 11 nitrogen and oxygen atoms in total. The van der Waals surface area contributed by atoms with Gasteiger partial charge in [-0.2, -0.15) is 4.98 Å². The third kappa shape index (κ3) is 6.97. The van der Waals surface area contributed by atoms with Gasteiger partial charge in [0, 0.05) is 42.1 Å². The number of nitrogens with one attached hydrogen (secondary N) is 3. The molecule has 1 amide bonds. The van der Waals surface area contributed by atoms with Gasteiger partial charge in [0.15, 0.2) is 0 Å². The second-order valence-electron chi connectivity index (χ2n) is 9.29. The van der Waals surface area contributed by atoms with Crippen molar-refractivity contribution in [1.82, 2.24) is 25.0 Å². The maximum atomic E-state index is 13.1. The number of ether oxygens (including phenoxy) is 1. The Labute approximate surface area is 226 Å².